The Bertz CT molecular complexity index is 894. The van der Waals surface area contributed by atoms with E-state index in [1.54, 1.807) is 31.3 Å². The molecule has 1 fully saturated rings. The zero-order valence-electron chi connectivity index (χ0n) is 14.6. The second-order valence-electron chi connectivity index (χ2n) is 6.53. The smallest absolute Gasteiger partial charge is 0.270 e. The first-order chi connectivity index (χ1) is 12.8. The summed E-state index contributed by atoms with van der Waals surface area (Å²) in [6.45, 7) is 0.316. The number of rotatable bonds is 6. The molecule has 27 heavy (non-hydrogen) atoms. The topological polar surface area (TPSA) is 92.6 Å². The molecular formula is C19H18ClN3O4. The molecule has 0 aromatic heterocycles. The molecule has 140 valence electrons. The zero-order valence-corrected chi connectivity index (χ0v) is 15.4. The second-order valence-corrected chi connectivity index (χ2v) is 6.93. The van der Waals surface area contributed by atoms with Gasteiger partial charge in [0.15, 0.2) is 0 Å². The molecular weight excluding hydrogens is 370 g/mol. The number of amides is 2. The first-order valence-corrected chi connectivity index (χ1v) is 8.82. The molecule has 0 atom stereocenters. The van der Waals surface area contributed by atoms with Gasteiger partial charge >= 0.3 is 0 Å². The van der Waals surface area contributed by atoms with Crippen molar-refractivity contribution in [2.75, 3.05) is 7.05 Å². The highest BCUT2D eigenvalue weighted by Gasteiger charge is 2.23. The summed E-state index contributed by atoms with van der Waals surface area (Å²) >= 11 is 6.02. The van der Waals surface area contributed by atoms with Crippen LogP contribution in [-0.4, -0.2) is 34.7 Å². The summed E-state index contributed by atoms with van der Waals surface area (Å²) in [5, 5.41) is 13.7. The minimum absolute atomic E-state index is 0.0353. The SMILES string of the molecule is CN(Cc1ccc(C(=O)NC2CC2)cc1)C(=O)c1ccc([N+](=O)[O-])cc1Cl. The molecule has 0 aliphatic heterocycles. The molecule has 2 aromatic rings. The fourth-order valence-electron chi connectivity index (χ4n) is 2.60. The van der Waals surface area contributed by atoms with Gasteiger partial charge in [-0.25, -0.2) is 0 Å². The van der Waals surface area contributed by atoms with Crippen molar-refractivity contribution in [3.63, 3.8) is 0 Å². The quantitative estimate of drug-likeness (QED) is 0.607. The number of nitro groups is 1. The summed E-state index contributed by atoms with van der Waals surface area (Å²) < 4.78 is 0. The molecule has 1 aliphatic carbocycles. The van der Waals surface area contributed by atoms with Gasteiger partial charge in [0, 0.05) is 37.3 Å². The van der Waals surface area contributed by atoms with Crippen LogP contribution in [0.4, 0.5) is 5.69 Å². The fraction of sp³-hybridized carbons (Fsp3) is 0.263. The van der Waals surface area contributed by atoms with Crippen LogP contribution in [0, 0.1) is 10.1 Å². The molecule has 1 aliphatic rings. The van der Waals surface area contributed by atoms with E-state index in [1.165, 1.54) is 17.0 Å². The van der Waals surface area contributed by atoms with Crippen LogP contribution in [0.1, 0.15) is 39.1 Å². The largest absolute Gasteiger partial charge is 0.349 e. The third kappa shape index (κ3) is 4.62. The zero-order chi connectivity index (χ0) is 19.6. The fourth-order valence-corrected chi connectivity index (χ4v) is 2.86. The van der Waals surface area contributed by atoms with Crippen LogP contribution in [0.25, 0.3) is 0 Å². The third-order valence-corrected chi connectivity index (χ3v) is 4.60. The average molecular weight is 388 g/mol. The van der Waals surface area contributed by atoms with E-state index < -0.39 is 4.92 Å². The second kappa shape index (κ2) is 7.75. The van der Waals surface area contributed by atoms with E-state index in [1.807, 2.05) is 0 Å². The lowest BCUT2D eigenvalue weighted by Crippen LogP contribution is -2.27. The number of carbonyl (C=O) groups excluding carboxylic acids is 2. The molecule has 3 rings (SSSR count). The number of non-ortho nitro benzene ring substituents is 1. The number of nitro benzene ring substituents is 1. The van der Waals surface area contributed by atoms with Crippen molar-refractivity contribution < 1.29 is 14.5 Å². The van der Waals surface area contributed by atoms with Crippen molar-refractivity contribution in [1.82, 2.24) is 10.2 Å². The van der Waals surface area contributed by atoms with Gasteiger partial charge in [0.05, 0.1) is 15.5 Å². The van der Waals surface area contributed by atoms with E-state index in [-0.39, 0.29) is 28.1 Å². The lowest BCUT2D eigenvalue weighted by Gasteiger charge is -2.18. The monoisotopic (exact) mass is 387 g/mol. The van der Waals surface area contributed by atoms with Gasteiger partial charge in [-0.05, 0) is 36.6 Å². The minimum atomic E-state index is -0.565. The van der Waals surface area contributed by atoms with E-state index in [4.69, 9.17) is 11.6 Å². The first kappa shape index (κ1) is 18.8. The molecule has 0 spiro atoms. The number of hydrogen-bond donors (Lipinski definition) is 1. The molecule has 0 radical (unpaired) electrons. The van der Waals surface area contributed by atoms with Gasteiger partial charge in [-0.2, -0.15) is 0 Å². The van der Waals surface area contributed by atoms with Gasteiger partial charge in [-0.1, -0.05) is 23.7 Å². The third-order valence-electron chi connectivity index (χ3n) is 4.29. The number of hydrogen-bond acceptors (Lipinski definition) is 4. The van der Waals surface area contributed by atoms with Crippen molar-refractivity contribution in [3.05, 3.63) is 74.3 Å². The van der Waals surface area contributed by atoms with Crippen LogP contribution < -0.4 is 5.32 Å². The molecule has 8 heteroatoms. The molecule has 0 bridgehead atoms. The molecule has 0 unspecified atom stereocenters. The van der Waals surface area contributed by atoms with Crippen LogP contribution in [-0.2, 0) is 6.54 Å². The van der Waals surface area contributed by atoms with E-state index in [0.717, 1.165) is 24.5 Å². The summed E-state index contributed by atoms with van der Waals surface area (Å²) in [5.74, 6) is -0.434. The lowest BCUT2D eigenvalue weighted by molar-refractivity contribution is -0.384. The molecule has 2 amide bonds. The minimum Gasteiger partial charge on any atom is -0.349 e. The van der Waals surface area contributed by atoms with Gasteiger partial charge in [0.25, 0.3) is 17.5 Å². The number of carbonyl (C=O) groups is 2. The maximum Gasteiger partial charge on any atom is 0.270 e. The standard InChI is InChI=1S/C19H18ClN3O4/c1-22(19(25)16-9-8-15(23(26)27)10-17(16)20)11-12-2-4-13(5-3-12)18(24)21-14-6-7-14/h2-5,8-10,14H,6-7,11H2,1H3,(H,21,24). The van der Waals surface area contributed by atoms with Crippen LogP contribution in [0.2, 0.25) is 5.02 Å². The van der Waals surface area contributed by atoms with Crippen molar-refractivity contribution >= 4 is 29.1 Å². The summed E-state index contributed by atoms with van der Waals surface area (Å²) in [4.78, 5) is 36.2. The molecule has 2 aromatic carbocycles. The highest BCUT2D eigenvalue weighted by atomic mass is 35.5. The van der Waals surface area contributed by atoms with Crippen LogP contribution in [0.15, 0.2) is 42.5 Å². The molecule has 0 heterocycles. The number of halogens is 1. The number of benzene rings is 2. The highest BCUT2D eigenvalue weighted by molar-refractivity contribution is 6.34. The van der Waals surface area contributed by atoms with Crippen molar-refractivity contribution in [1.29, 1.82) is 0 Å². The van der Waals surface area contributed by atoms with Gasteiger partial charge in [-0.3, -0.25) is 19.7 Å². The Labute approximate surface area is 161 Å². The summed E-state index contributed by atoms with van der Waals surface area (Å²) in [6, 6.07) is 11.1. The lowest BCUT2D eigenvalue weighted by atomic mass is 10.1. The van der Waals surface area contributed by atoms with Gasteiger partial charge < -0.3 is 10.2 Å². The normalized spacial score (nSPS) is 13.1. The van der Waals surface area contributed by atoms with Crippen LogP contribution in [0.5, 0.6) is 0 Å². The summed E-state index contributed by atoms with van der Waals surface area (Å²) in [6.07, 6.45) is 2.06. The van der Waals surface area contributed by atoms with E-state index >= 15 is 0 Å². The van der Waals surface area contributed by atoms with Crippen LogP contribution >= 0.6 is 11.6 Å². The van der Waals surface area contributed by atoms with E-state index in [2.05, 4.69) is 5.32 Å². The number of nitrogens with zero attached hydrogens (tertiary/aromatic N) is 2. The first-order valence-electron chi connectivity index (χ1n) is 8.44. The highest BCUT2D eigenvalue weighted by Crippen LogP contribution is 2.24. The predicted molar refractivity (Wildman–Crippen MR) is 101 cm³/mol. The Morgan fingerprint density at radius 1 is 1.22 bits per heavy atom. The van der Waals surface area contributed by atoms with Crippen molar-refractivity contribution in [2.45, 2.75) is 25.4 Å². The summed E-state index contributed by atoms with van der Waals surface area (Å²) in [7, 11) is 1.62. The van der Waals surface area contributed by atoms with E-state index in [0.29, 0.717) is 18.2 Å². The Kier molecular flexibility index (Phi) is 5.41. The van der Waals surface area contributed by atoms with Gasteiger partial charge in [0.2, 0.25) is 0 Å². The maximum atomic E-state index is 12.6. The average Bonchev–Trinajstić information content (AvgIpc) is 3.45. The molecule has 1 N–H and O–H groups in total. The predicted octanol–water partition coefficient (Wildman–Crippen LogP) is 3.41. The van der Waals surface area contributed by atoms with Gasteiger partial charge in [-0.15, -0.1) is 0 Å². The molecule has 0 saturated heterocycles. The Morgan fingerprint density at radius 2 is 1.89 bits per heavy atom. The van der Waals surface area contributed by atoms with Crippen LogP contribution in [0.3, 0.4) is 0 Å². The summed E-state index contributed by atoms with van der Waals surface area (Å²) in [5.41, 5.74) is 1.47. The Hall–Kier alpha value is -2.93. The number of nitrogens with one attached hydrogen (secondary N) is 1. The van der Waals surface area contributed by atoms with Gasteiger partial charge in [0.1, 0.15) is 0 Å². The molecule has 7 nitrogen and oxygen atoms in total. The Balaban J connectivity index is 1.65. The van der Waals surface area contributed by atoms with Crippen molar-refractivity contribution in [2.24, 2.45) is 0 Å². The van der Waals surface area contributed by atoms with Crippen molar-refractivity contribution in [3.8, 4) is 0 Å². The maximum absolute atomic E-state index is 12.6. The van der Waals surface area contributed by atoms with E-state index in [9.17, 15) is 19.7 Å². The Morgan fingerprint density at radius 3 is 2.44 bits per heavy atom. The molecule has 1 saturated carbocycles.